The number of esters is 1. The molecule has 0 unspecified atom stereocenters. The second-order valence-electron chi connectivity index (χ2n) is 13.2. The van der Waals surface area contributed by atoms with Crippen molar-refractivity contribution in [1.29, 1.82) is 0 Å². The van der Waals surface area contributed by atoms with Crippen LogP contribution in [0.3, 0.4) is 0 Å². The van der Waals surface area contributed by atoms with Crippen molar-refractivity contribution in [1.82, 2.24) is 5.32 Å². The number of carbonyl (C=O) groups excluding carboxylic acids is 1. The molecule has 0 aromatic heterocycles. The van der Waals surface area contributed by atoms with Crippen LogP contribution in [0.5, 0.6) is 0 Å². The van der Waals surface area contributed by atoms with Crippen molar-refractivity contribution < 1.29 is 14.3 Å². The third-order valence-corrected chi connectivity index (χ3v) is 11.7. The van der Waals surface area contributed by atoms with Gasteiger partial charge in [0.15, 0.2) is 0 Å². The summed E-state index contributed by atoms with van der Waals surface area (Å²) in [5, 5.41) is 3.91. The Hall–Kier alpha value is -0.610. The van der Waals surface area contributed by atoms with Crippen LogP contribution in [0, 0.1) is 52.8 Å². The molecule has 0 radical (unpaired) electrons. The molecule has 0 aromatic carbocycles. The molecule has 0 aromatic rings. The van der Waals surface area contributed by atoms with Crippen LogP contribution in [0.1, 0.15) is 78.1 Å². The zero-order valence-corrected chi connectivity index (χ0v) is 19.5. The maximum absolute atomic E-state index is 13.0. The summed E-state index contributed by atoms with van der Waals surface area (Å²) in [7, 11) is 0. The molecule has 2 aliphatic heterocycles. The summed E-state index contributed by atoms with van der Waals surface area (Å²) in [6.45, 7) is 6.64. The average Bonchev–Trinajstić information content (AvgIpc) is 3.37. The lowest BCUT2D eigenvalue weighted by Gasteiger charge is -2.51. The van der Waals surface area contributed by atoms with E-state index < -0.39 is 0 Å². The molecule has 4 heteroatoms. The quantitative estimate of drug-likeness (QED) is 0.528. The SMILES string of the molecule is C[C@H](NC[C@@H]1C(=O)O[C@@H]2C[C@@]3(C)CCC[C@]4(CO4)[C@@H]3C[C@H]12)[C@@H]1[C@H]2CC[C@H]3C[C@@H](C2)C[C@H]31. The van der Waals surface area contributed by atoms with Crippen LogP contribution in [0.4, 0.5) is 0 Å². The highest BCUT2D eigenvalue weighted by atomic mass is 16.6. The van der Waals surface area contributed by atoms with E-state index >= 15 is 0 Å². The van der Waals surface area contributed by atoms with Gasteiger partial charge in [-0.05, 0) is 112 Å². The minimum atomic E-state index is 0.0480. The van der Waals surface area contributed by atoms with E-state index in [9.17, 15) is 4.79 Å². The van der Waals surface area contributed by atoms with Crippen molar-refractivity contribution >= 4 is 5.97 Å². The molecule has 12 atom stereocenters. The van der Waals surface area contributed by atoms with Crippen molar-refractivity contribution in [2.75, 3.05) is 13.2 Å². The van der Waals surface area contributed by atoms with Crippen molar-refractivity contribution in [2.45, 2.75) is 95.8 Å². The predicted octanol–water partition coefficient (Wildman–Crippen LogP) is 4.56. The summed E-state index contributed by atoms with van der Waals surface area (Å²) in [6, 6.07) is 0.533. The summed E-state index contributed by atoms with van der Waals surface area (Å²) in [5.41, 5.74) is 0.446. The van der Waals surface area contributed by atoms with Gasteiger partial charge in [-0.2, -0.15) is 0 Å². The van der Waals surface area contributed by atoms with Crippen molar-refractivity contribution in [3.8, 4) is 0 Å². The van der Waals surface area contributed by atoms with Gasteiger partial charge in [0.2, 0.25) is 0 Å². The fourth-order valence-electron chi connectivity index (χ4n) is 10.4. The number of hydrogen-bond acceptors (Lipinski definition) is 4. The van der Waals surface area contributed by atoms with Gasteiger partial charge in [0, 0.05) is 18.5 Å². The van der Waals surface area contributed by atoms with E-state index in [0.29, 0.717) is 23.3 Å². The zero-order valence-electron chi connectivity index (χ0n) is 19.5. The zero-order chi connectivity index (χ0) is 21.0. The Morgan fingerprint density at radius 2 is 1.90 bits per heavy atom. The molecule has 3 bridgehead atoms. The van der Waals surface area contributed by atoms with Gasteiger partial charge in [-0.1, -0.05) is 6.92 Å². The molecule has 0 amide bonds. The van der Waals surface area contributed by atoms with Crippen molar-refractivity contribution in [3.05, 3.63) is 0 Å². The van der Waals surface area contributed by atoms with Gasteiger partial charge in [0.1, 0.15) is 6.10 Å². The van der Waals surface area contributed by atoms with Crippen molar-refractivity contribution in [3.63, 3.8) is 0 Å². The maximum atomic E-state index is 13.0. The first-order valence-electron chi connectivity index (χ1n) is 13.5. The van der Waals surface area contributed by atoms with E-state index in [1.54, 1.807) is 0 Å². The minimum absolute atomic E-state index is 0.0480. The summed E-state index contributed by atoms with van der Waals surface area (Å²) >= 11 is 0. The van der Waals surface area contributed by atoms with Gasteiger partial charge in [0.05, 0.1) is 18.1 Å². The molecule has 172 valence electrons. The number of rotatable bonds is 4. The Labute approximate surface area is 187 Å². The molecule has 7 aliphatic rings. The van der Waals surface area contributed by atoms with Gasteiger partial charge >= 0.3 is 5.97 Å². The second-order valence-corrected chi connectivity index (χ2v) is 13.2. The average molecular weight is 428 g/mol. The standard InChI is InChI=1S/C27H41NO3/c1-15(24-18-5-4-17-8-16(9-18)10-19(17)24)28-13-21-20-11-23-26(2,12-22(20)31-25(21)29)6-3-7-27(23)14-30-27/h15-24,28H,3-14H2,1-2H3/t15-,16-,17-,18-,19+,20+,21-,22+,23+,24+,26+,27-/m0/s1. The van der Waals surface area contributed by atoms with Crippen LogP contribution >= 0.6 is 0 Å². The van der Waals surface area contributed by atoms with Gasteiger partial charge in [0.25, 0.3) is 0 Å². The van der Waals surface area contributed by atoms with E-state index in [1.807, 2.05) is 0 Å². The number of fused-ring (bicyclic) bond motifs is 5. The van der Waals surface area contributed by atoms with Crippen LogP contribution in [-0.2, 0) is 14.3 Å². The smallest absolute Gasteiger partial charge is 0.310 e. The maximum Gasteiger partial charge on any atom is 0.310 e. The molecule has 4 nitrogen and oxygen atoms in total. The Balaban J connectivity index is 1.05. The summed E-state index contributed by atoms with van der Waals surface area (Å²) in [6.07, 6.45) is 13.5. The molecule has 2 saturated heterocycles. The summed E-state index contributed by atoms with van der Waals surface area (Å²) in [5.74, 6) is 5.88. The lowest BCUT2D eigenvalue weighted by Crippen LogP contribution is -2.52. The number of hydrogen-bond donors (Lipinski definition) is 1. The molecule has 1 N–H and O–H groups in total. The molecule has 5 aliphatic carbocycles. The van der Waals surface area contributed by atoms with E-state index in [4.69, 9.17) is 9.47 Å². The van der Waals surface area contributed by atoms with Crippen LogP contribution in [0.15, 0.2) is 0 Å². The third-order valence-electron chi connectivity index (χ3n) is 11.7. The minimum Gasteiger partial charge on any atom is -0.462 e. The molecule has 7 rings (SSSR count). The second kappa shape index (κ2) is 6.72. The highest BCUT2D eigenvalue weighted by Gasteiger charge is 2.65. The van der Waals surface area contributed by atoms with Crippen LogP contribution in [0.2, 0.25) is 0 Å². The highest BCUT2D eigenvalue weighted by Crippen LogP contribution is 2.63. The molecule has 5 saturated carbocycles. The fraction of sp³-hybridized carbons (Fsp3) is 0.963. The number of carbonyl (C=O) groups is 1. The van der Waals surface area contributed by atoms with Gasteiger partial charge in [-0.25, -0.2) is 0 Å². The highest BCUT2D eigenvalue weighted by molar-refractivity contribution is 5.75. The van der Waals surface area contributed by atoms with Gasteiger partial charge < -0.3 is 14.8 Å². The Morgan fingerprint density at radius 1 is 1.10 bits per heavy atom. The predicted molar refractivity (Wildman–Crippen MR) is 118 cm³/mol. The van der Waals surface area contributed by atoms with Crippen LogP contribution in [-0.4, -0.2) is 36.9 Å². The summed E-state index contributed by atoms with van der Waals surface area (Å²) in [4.78, 5) is 13.0. The number of epoxide rings is 1. The fourth-order valence-corrected chi connectivity index (χ4v) is 10.4. The van der Waals surface area contributed by atoms with E-state index in [-0.39, 0.29) is 23.6 Å². The largest absolute Gasteiger partial charge is 0.462 e. The molecular formula is C27H41NO3. The lowest BCUT2D eigenvalue weighted by molar-refractivity contribution is -0.147. The lowest BCUT2D eigenvalue weighted by atomic mass is 9.53. The molecule has 7 fully saturated rings. The number of ether oxygens (including phenoxy) is 2. The van der Waals surface area contributed by atoms with E-state index in [2.05, 4.69) is 19.2 Å². The Morgan fingerprint density at radius 3 is 2.74 bits per heavy atom. The van der Waals surface area contributed by atoms with E-state index in [1.165, 1.54) is 51.4 Å². The molecule has 31 heavy (non-hydrogen) atoms. The molecule has 2 heterocycles. The Bertz CT molecular complexity index is 764. The third kappa shape index (κ3) is 2.89. The topological polar surface area (TPSA) is 50.9 Å². The number of nitrogens with one attached hydrogen (secondary N) is 1. The summed E-state index contributed by atoms with van der Waals surface area (Å²) < 4.78 is 12.1. The first-order chi connectivity index (χ1) is 15.0. The Kier molecular flexibility index (Phi) is 4.29. The van der Waals surface area contributed by atoms with Crippen LogP contribution < -0.4 is 5.32 Å². The van der Waals surface area contributed by atoms with E-state index in [0.717, 1.165) is 55.6 Å². The monoisotopic (exact) mass is 427 g/mol. The first kappa shape index (κ1) is 19.8. The first-order valence-corrected chi connectivity index (χ1v) is 13.5. The normalized spacial score (nSPS) is 57.5. The van der Waals surface area contributed by atoms with Crippen molar-refractivity contribution in [2.24, 2.45) is 52.8 Å². The molecule has 1 spiro atoms. The van der Waals surface area contributed by atoms with Gasteiger partial charge in [-0.3, -0.25) is 4.79 Å². The van der Waals surface area contributed by atoms with Gasteiger partial charge in [-0.15, -0.1) is 0 Å². The van der Waals surface area contributed by atoms with Crippen LogP contribution in [0.25, 0.3) is 0 Å². The molecular weight excluding hydrogens is 386 g/mol.